The van der Waals surface area contributed by atoms with Crippen LogP contribution in [0.4, 0.5) is 5.82 Å². The van der Waals surface area contributed by atoms with Gasteiger partial charge in [-0.2, -0.15) is 0 Å². The lowest BCUT2D eigenvalue weighted by molar-refractivity contribution is 0.133. The molecule has 1 aromatic heterocycles. The average Bonchev–Trinajstić information content (AvgIpc) is 2.87. The molecule has 0 spiro atoms. The Kier molecular flexibility index (Phi) is 2.94. The van der Waals surface area contributed by atoms with Crippen LogP contribution in [0.2, 0.25) is 0 Å². The van der Waals surface area contributed by atoms with Crippen LogP contribution in [0.25, 0.3) is 0 Å². The molecule has 2 N–H and O–H groups in total. The normalized spacial score (nSPS) is 23.8. The van der Waals surface area contributed by atoms with Gasteiger partial charge in [-0.05, 0) is 25.3 Å². The number of rotatable bonds is 2. The Labute approximate surface area is 101 Å². The van der Waals surface area contributed by atoms with E-state index in [9.17, 15) is 0 Å². The van der Waals surface area contributed by atoms with Crippen LogP contribution >= 0.6 is 0 Å². The molecule has 2 aliphatic heterocycles. The number of ether oxygens (including phenoxy) is 1. The fourth-order valence-electron chi connectivity index (χ4n) is 2.68. The SMILES string of the molecule is NCC1CCCN(c2ncnc3c2COC3)C1. The summed E-state index contributed by atoms with van der Waals surface area (Å²) in [7, 11) is 0. The van der Waals surface area contributed by atoms with Crippen molar-refractivity contribution < 1.29 is 4.74 Å². The van der Waals surface area contributed by atoms with E-state index in [1.165, 1.54) is 18.4 Å². The molecule has 0 amide bonds. The summed E-state index contributed by atoms with van der Waals surface area (Å²) in [4.78, 5) is 11.0. The number of hydrogen-bond donors (Lipinski definition) is 1. The highest BCUT2D eigenvalue weighted by Gasteiger charge is 2.25. The van der Waals surface area contributed by atoms with Gasteiger partial charge < -0.3 is 15.4 Å². The quantitative estimate of drug-likeness (QED) is 0.815. The van der Waals surface area contributed by atoms with Crippen molar-refractivity contribution in [3.05, 3.63) is 17.6 Å². The molecule has 17 heavy (non-hydrogen) atoms. The van der Waals surface area contributed by atoms with Gasteiger partial charge in [0.2, 0.25) is 0 Å². The molecule has 0 radical (unpaired) electrons. The van der Waals surface area contributed by atoms with Crippen LogP contribution in [0.15, 0.2) is 6.33 Å². The molecule has 5 heteroatoms. The first-order valence-electron chi connectivity index (χ1n) is 6.24. The van der Waals surface area contributed by atoms with Gasteiger partial charge in [-0.25, -0.2) is 9.97 Å². The summed E-state index contributed by atoms with van der Waals surface area (Å²) in [6.45, 7) is 4.12. The van der Waals surface area contributed by atoms with E-state index in [0.29, 0.717) is 19.1 Å². The lowest BCUT2D eigenvalue weighted by Crippen LogP contribution is -2.39. The zero-order valence-electron chi connectivity index (χ0n) is 9.93. The van der Waals surface area contributed by atoms with Crippen LogP contribution < -0.4 is 10.6 Å². The molecule has 1 atom stereocenters. The van der Waals surface area contributed by atoms with Gasteiger partial charge in [-0.15, -0.1) is 0 Å². The van der Waals surface area contributed by atoms with Crippen LogP contribution in [0.3, 0.4) is 0 Å². The monoisotopic (exact) mass is 234 g/mol. The maximum Gasteiger partial charge on any atom is 0.137 e. The summed E-state index contributed by atoms with van der Waals surface area (Å²) in [5.74, 6) is 1.65. The summed E-state index contributed by atoms with van der Waals surface area (Å²) >= 11 is 0. The van der Waals surface area contributed by atoms with E-state index in [0.717, 1.165) is 31.1 Å². The molecule has 1 saturated heterocycles. The molecule has 3 heterocycles. The summed E-state index contributed by atoms with van der Waals surface area (Å²) in [5.41, 5.74) is 7.99. The van der Waals surface area contributed by atoms with E-state index in [-0.39, 0.29) is 0 Å². The number of piperidine rings is 1. The van der Waals surface area contributed by atoms with Gasteiger partial charge in [0.1, 0.15) is 12.1 Å². The van der Waals surface area contributed by atoms with Crippen molar-refractivity contribution in [2.24, 2.45) is 11.7 Å². The minimum absolute atomic E-state index is 0.594. The van der Waals surface area contributed by atoms with Crippen LogP contribution in [-0.2, 0) is 18.0 Å². The van der Waals surface area contributed by atoms with E-state index >= 15 is 0 Å². The molecular weight excluding hydrogens is 216 g/mol. The fourth-order valence-corrected chi connectivity index (χ4v) is 2.68. The number of nitrogens with zero attached hydrogens (tertiary/aromatic N) is 3. The zero-order chi connectivity index (χ0) is 11.7. The Balaban J connectivity index is 1.86. The molecule has 1 unspecified atom stereocenters. The van der Waals surface area contributed by atoms with Crippen LogP contribution in [0.5, 0.6) is 0 Å². The molecule has 5 nitrogen and oxygen atoms in total. The third kappa shape index (κ3) is 2.00. The van der Waals surface area contributed by atoms with E-state index in [2.05, 4.69) is 14.9 Å². The predicted octanol–water partition coefficient (Wildman–Crippen LogP) is 0.682. The number of hydrogen-bond acceptors (Lipinski definition) is 5. The molecule has 1 fully saturated rings. The summed E-state index contributed by atoms with van der Waals surface area (Å²) in [6.07, 6.45) is 4.08. The van der Waals surface area contributed by atoms with Crippen LogP contribution in [0.1, 0.15) is 24.1 Å². The highest BCUT2D eigenvalue weighted by atomic mass is 16.5. The van der Waals surface area contributed by atoms with E-state index in [1.54, 1.807) is 6.33 Å². The number of nitrogens with two attached hydrogens (primary N) is 1. The fraction of sp³-hybridized carbons (Fsp3) is 0.667. The standard InChI is InChI=1S/C12H18N4O/c13-4-9-2-1-3-16(5-9)12-10-6-17-7-11(10)14-8-15-12/h8-9H,1-7,13H2. The molecular formula is C12H18N4O. The minimum atomic E-state index is 0.594. The highest BCUT2D eigenvalue weighted by Crippen LogP contribution is 2.29. The Morgan fingerprint density at radius 1 is 1.41 bits per heavy atom. The van der Waals surface area contributed by atoms with Gasteiger partial charge in [-0.1, -0.05) is 0 Å². The lowest BCUT2D eigenvalue weighted by atomic mass is 9.98. The first-order chi connectivity index (χ1) is 8.38. The third-order valence-corrected chi connectivity index (χ3v) is 3.65. The topological polar surface area (TPSA) is 64.3 Å². The Morgan fingerprint density at radius 2 is 2.35 bits per heavy atom. The van der Waals surface area contributed by atoms with Crippen molar-refractivity contribution in [1.82, 2.24) is 9.97 Å². The van der Waals surface area contributed by atoms with E-state index < -0.39 is 0 Å². The molecule has 0 saturated carbocycles. The number of fused-ring (bicyclic) bond motifs is 1. The largest absolute Gasteiger partial charge is 0.370 e. The van der Waals surface area contributed by atoms with Gasteiger partial charge >= 0.3 is 0 Å². The number of aromatic nitrogens is 2. The molecule has 2 aliphatic rings. The predicted molar refractivity (Wildman–Crippen MR) is 64.5 cm³/mol. The van der Waals surface area contributed by atoms with Gasteiger partial charge in [0, 0.05) is 18.7 Å². The lowest BCUT2D eigenvalue weighted by Gasteiger charge is -2.33. The number of anilines is 1. The second-order valence-corrected chi connectivity index (χ2v) is 4.81. The molecule has 0 aliphatic carbocycles. The van der Waals surface area contributed by atoms with Gasteiger partial charge in [0.15, 0.2) is 0 Å². The van der Waals surface area contributed by atoms with Gasteiger partial charge in [-0.3, -0.25) is 0 Å². The Bertz CT molecular complexity index is 409. The Morgan fingerprint density at radius 3 is 3.24 bits per heavy atom. The van der Waals surface area contributed by atoms with Crippen molar-refractivity contribution in [2.45, 2.75) is 26.1 Å². The van der Waals surface area contributed by atoms with Gasteiger partial charge in [0.25, 0.3) is 0 Å². The second-order valence-electron chi connectivity index (χ2n) is 4.81. The third-order valence-electron chi connectivity index (χ3n) is 3.65. The van der Waals surface area contributed by atoms with Crippen molar-refractivity contribution in [1.29, 1.82) is 0 Å². The van der Waals surface area contributed by atoms with Crippen LogP contribution in [-0.4, -0.2) is 29.6 Å². The maximum atomic E-state index is 5.77. The van der Waals surface area contributed by atoms with E-state index in [1.807, 2.05) is 0 Å². The highest BCUT2D eigenvalue weighted by molar-refractivity contribution is 5.49. The first-order valence-corrected chi connectivity index (χ1v) is 6.24. The van der Waals surface area contributed by atoms with Crippen molar-refractivity contribution >= 4 is 5.82 Å². The van der Waals surface area contributed by atoms with Gasteiger partial charge in [0.05, 0.1) is 18.9 Å². The zero-order valence-corrected chi connectivity index (χ0v) is 9.93. The first kappa shape index (κ1) is 10.9. The second kappa shape index (κ2) is 4.58. The summed E-state index contributed by atoms with van der Waals surface area (Å²) in [5, 5.41) is 0. The summed E-state index contributed by atoms with van der Waals surface area (Å²) < 4.78 is 5.45. The van der Waals surface area contributed by atoms with E-state index in [4.69, 9.17) is 10.5 Å². The maximum absolute atomic E-state index is 5.77. The Hall–Kier alpha value is -1.20. The van der Waals surface area contributed by atoms with Crippen LogP contribution in [0, 0.1) is 5.92 Å². The molecule has 0 aromatic carbocycles. The van der Waals surface area contributed by atoms with Crippen molar-refractivity contribution in [2.75, 3.05) is 24.5 Å². The molecule has 3 rings (SSSR count). The average molecular weight is 234 g/mol. The van der Waals surface area contributed by atoms with Crippen molar-refractivity contribution in [3.63, 3.8) is 0 Å². The molecule has 92 valence electrons. The smallest absolute Gasteiger partial charge is 0.137 e. The molecule has 0 bridgehead atoms. The minimum Gasteiger partial charge on any atom is -0.370 e. The summed E-state index contributed by atoms with van der Waals surface area (Å²) in [6, 6.07) is 0. The van der Waals surface area contributed by atoms with Crippen molar-refractivity contribution in [3.8, 4) is 0 Å². The molecule has 1 aromatic rings.